The molecule has 106 valence electrons. The zero-order valence-corrected chi connectivity index (χ0v) is 11.9. The highest BCUT2D eigenvalue weighted by molar-refractivity contribution is 5.23. The number of nitrogens with one attached hydrogen (secondary N) is 1. The molecule has 1 unspecified atom stereocenters. The van der Waals surface area contributed by atoms with E-state index in [2.05, 4.69) is 33.1 Å². The Bertz CT molecular complexity index is 469. The Morgan fingerprint density at radius 3 is 2.16 bits per heavy atom. The van der Waals surface area contributed by atoms with Gasteiger partial charge < -0.3 is 0 Å². The molecular weight excluding hydrogens is 246 g/mol. The van der Waals surface area contributed by atoms with Crippen LogP contribution in [-0.2, 0) is 6.42 Å². The highest BCUT2D eigenvalue weighted by Crippen LogP contribution is 2.69. The predicted octanol–water partition coefficient (Wildman–Crippen LogP) is 3.02. The molecular formula is C15H22F2N2. The van der Waals surface area contributed by atoms with Gasteiger partial charge in [-0.2, -0.15) is 0 Å². The molecule has 2 nitrogen and oxygen atoms in total. The van der Waals surface area contributed by atoms with Crippen LogP contribution in [0.1, 0.15) is 33.3 Å². The molecule has 1 saturated carbocycles. The van der Waals surface area contributed by atoms with E-state index in [1.807, 2.05) is 0 Å². The lowest BCUT2D eigenvalue weighted by molar-refractivity contribution is 0.401. The fourth-order valence-electron chi connectivity index (χ4n) is 3.45. The summed E-state index contributed by atoms with van der Waals surface area (Å²) in [5, 5.41) is 0. The molecule has 1 aromatic carbocycles. The van der Waals surface area contributed by atoms with E-state index >= 15 is 0 Å². The summed E-state index contributed by atoms with van der Waals surface area (Å²) in [4.78, 5) is 0. The van der Waals surface area contributed by atoms with Crippen molar-refractivity contribution >= 4 is 0 Å². The molecule has 0 aliphatic heterocycles. The van der Waals surface area contributed by atoms with E-state index in [0.29, 0.717) is 12.3 Å². The van der Waals surface area contributed by atoms with Crippen molar-refractivity contribution in [2.75, 3.05) is 0 Å². The number of nitrogens with two attached hydrogens (primary N) is 1. The summed E-state index contributed by atoms with van der Waals surface area (Å²) < 4.78 is 26.1. The second kappa shape index (κ2) is 4.53. The van der Waals surface area contributed by atoms with Gasteiger partial charge in [0.05, 0.1) is 0 Å². The summed E-state index contributed by atoms with van der Waals surface area (Å²) in [6.07, 6.45) is 0.602. The van der Waals surface area contributed by atoms with Crippen molar-refractivity contribution in [1.82, 2.24) is 5.43 Å². The Hall–Kier alpha value is -1.00. The molecule has 1 fully saturated rings. The summed E-state index contributed by atoms with van der Waals surface area (Å²) >= 11 is 0. The zero-order chi connectivity index (χ0) is 14.4. The molecule has 3 N–H and O–H groups in total. The number of hydrazine groups is 1. The lowest BCUT2D eigenvalue weighted by atomic mass is 9.97. The van der Waals surface area contributed by atoms with Gasteiger partial charge in [0.2, 0.25) is 0 Å². The SMILES string of the molecule is CC1(C)C(C(Cc2ccc(F)c(F)c2)NN)C1(C)C. The van der Waals surface area contributed by atoms with Crippen LogP contribution in [0.4, 0.5) is 8.78 Å². The second-order valence-corrected chi connectivity index (χ2v) is 6.65. The first-order valence-electron chi connectivity index (χ1n) is 6.62. The third kappa shape index (κ3) is 2.28. The first-order valence-corrected chi connectivity index (χ1v) is 6.62. The largest absolute Gasteiger partial charge is 0.271 e. The maximum Gasteiger partial charge on any atom is 0.159 e. The van der Waals surface area contributed by atoms with Crippen LogP contribution in [0.25, 0.3) is 0 Å². The van der Waals surface area contributed by atoms with Crippen molar-refractivity contribution < 1.29 is 8.78 Å². The van der Waals surface area contributed by atoms with E-state index in [4.69, 9.17) is 5.84 Å². The summed E-state index contributed by atoms with van der Waals surface area (Å²) in [6, 6.07) is 4.10. The molecule has 2 rings (SSSR count). The van der Waals surface area contributed by atoms with Crippen LogP contribution in [0, 0.1) is 28.4 Å². The maximum absolute atomic E-state index is 13.2. The molecule has 1 aliphatic rings. The molecule has 0 bridgehead atoms. The Morgan fingerprint density at radius 1 is 1.16 bits per heavy atom. The van der Waals surface area contributed by atoms with Gasteiger partial charge in [-0.15, -0.1) is 0 Å². The van der Waals surface area contributed by atoms with E-state index in [9.17, 15) is 8.78 Å². The second-order valence-electron chi connectivity index (χ2n) is 6.65. The van der Waals surface area contributed by atoms with Gasteiger partial charge in [0, 0.05) is 6.04 Å². The van der Waals surface area contributed by atoms with Gasteiger partial charge in [-0.05, 0) is 40.9 Å². The van der Waals surface area contributed by atoms with E-state index < -0.39 is 11.6 Å². The number of hydrogen-bond donors (Lipinski definition) is 2. The third-order valence-corrected chi connectivity index (χ3v) is 5.19. The van der Waals surface area contributed by atoms with Crippen molar-refractivity contribution in [3.05, 3.63) is 35.4 Å². The molecule has 1 aliphatic carbocycles. The van der Waals surface area contributed by atoms with Gasteiger partial charge >= 0.3 is 0 Å². The lowest BCUT2D eigenvalue weighted by Crippen LogP contribution is -2.40. The fraction of sp³-hybridized carbons (Fsp3) is 0.600. The van der Waals surface area contributed by atoms with Crippen LogP contribution in [0.5, 0.6) is 0 Å². The van der Waals surface area contributed by atoms with Crippen LogP contribution in [0.15, 0.2) is 18.2 Å². The Balaban J connectivity index is 2.15. The van der Waals surface area contributed by atoms with Gasteiger partial charge in [-0.3, -0.25) is 11.3 Å². The molecule has 0 saturated heterocycles. The maximum atomic E-state index is 13.2. The summed E-state index contributed by atoms with van der Waals surface area (Å²) in [7, 11) is 0. The average molecular weight is 268 g/mol. The van der Waals surface area contributed by atoms with Gasteiger partial charge in [0.25, 0.3) is 0 Å². The van der Waals surface area contributed by atoms with Crippen LogP contribution < -0.4 is 11.3 Å². The van der Waals surface area contributed by atoms with Crippen LogP contribution in [0.2, 0.25) is 0 Å². The smallest absolute Gasteiger partial charge is 0.159 e. The minimum atomic E-state index is -0.812. The quantitative estimate of drug-likeness (QED) is 0.650. The molecule has 0 aromatic heterocycles. The minimum Gasteiger partial charge on any atom is -0.271 e. The highest BCUT2D eigenvalue weighted by Gasteiger charge is 2.66. The zero-order valence-electron chi connectivity index (χ0n) is 11.9. The van der Waals surface area contributed by atoms with E-state index in [1.54, 1.807) is 6.07 Å². The van der Waals surface area contributed by atoms with E-state index in [-0.39, 0.29) is 16.9 Å². The Morgan fingerprint density at radius 2 is 1.74 bits per heavy atom. The first kappa shape index (κ1) is 14.4. The first-order chi connectivity index (χ1) is 8.71. The van der Waals surface area contributed by atoms with Crippen molar-refractivity contribution in [2.45, 2.75) is 40.2 Å². The summed E-state index contributed by atoms with van der Waals surface area (Å²) in [6.45, 7) is 8.86. The van der Waals surface area contributed by atoms with Gasteiger partial charge in [0.15, 0.2) is 11.6 Å². The van der Waals surface area contributed by atoms with Crippen molar-refractivity contribution in [3.63, 3.8) is 0 Å². The normalized spacial score (nSPS) is 22.3. The topological polar surface area (TPSA) is 38.0 Å². The van der Waals surface area contributed by atoms with Crippen LogP contribution in [-0.4, -0.2) is 6.04 Å². The Labute approximate surface area is 113 Å². The number of benzene rings is 1. The van der Waals surface area contributed by atoms with Gasteiger partial charge in [0.1, 0.15) is 0 Å². The minimum absolute atomic E-state index is 0.0647. The van der Waals surface area contributed by atoms with Gasteiger partial charge in [-0.25, -0.2) is 8.78 Å². The molecule has 1 aromatic rings. The highest BCUT2D eigenvalue weighted by atomic mass is 19.2. The molecule has 0 radical (unpaired) electrons. The Kier molecular flexibility index (Phi) is 3.43. The predicted molar refractivity (Wildman–Crippen MR) is 72.2 cm³/mol. The molecule has 1 atom stereocenters. The van der Waals surface area contributed by atoms with E-state index in [0.717, 1.165) is 5.56 Å². The monoisotopic (exact) mass is 268 g/mol. The number of rotatable bonds is 4. The van der Waals surface area contributed by atoms with Crippen molar-refractivity contribution in [2.24, 2.45) is 22.6 Å². The van der Waals surface area contributed by atoms with Crippen molar-refractivity contribution in [1.29, 1.82) is 0 Å². The van der Waals surface area contributed by atoms with Crippen LogP contribution >= 0.6 is 0 Å². The molecule has 0 heterocycles. The van der Waals surface area contributed by atoms with Crippen molar-refractivity contribution in [3.8, 4) is 0 Å². The molecule has 19 heavy (non-hydrogen) atoms. The van der Waals surface area contributed by atoms with Crippen LogP contribution in [0.3, 0.4) is 0 Å². The molecule has 4 heteroatoms. The average Bonchev–Trinajstić information content (AvgIpc) is 2.72. The van der Waals surface area contributed by atoms with Gasteiger partial charge in [-0.1, -0.05) is 33.8 Å². The summed E-state index contributed by atoms with van der Waals surface area (Å²) in [5.41, 5.74) is 4.00. The third-order valence-electron chi connectivity index (χ3n) is 5.19. The molecule has 0 amide bonds. The number of halogens is 2. The lowest BCUT2D eigenvalue weighted by Gasteiger charge is -2.18. The number of hydrogen-bond acceptors (Lipinski definition) is 2. The standard InChI is InChI=1S/C15H22F2N2/c1-14(2)13(15(14,3)4)12(19-18)8-9-5-6-10(16)11(17)7-9/h5-7,12-13,19H,8,18H2,1-4H3. The molecule has 0 spiro atoms. The summed E-state index contributed by atoms with van der Waals surface area (Å²) in [5.74, 6) is 4.45. The fourth-order valence-corrected chi connectivity index (χ4v) is 3.45. The van der Waals surface area contributed by atoms with E-state index in [1.165, 1.54) is 12.1 Å².